The Morgan fingerprint density at radius 1 is 1.07 bits per heavy atom. The molecule has 2 heterocycles. The highest BCUT2D eigenvalue weighted by atomic mass is 32.2. The van der Waals surface area contributed by atoms with Gasteiger partial charge >= 0.3 is 0 Å². The Morgan fingerprint density at radius 2 is 1.83 bits per heavy atom. The van der Waals surface area contributed by atoms with Crippen molar-refractivity contribution in [3.8, 4) is 5.69 Å². The molecule has 148 valence electrons. The van der Waals surface area contributed by atoms with Gasteiger partial charge in [-0.3, -0.25) is 14.5 Å². The highest BCUT2D eigenvalue weighted by molar-refractivity contribution is 8.00. The molecule has 1 aromatic heterocycles. The second-order valence-corrected chi connectivity index (χ2v) is 7.78. The molecule has 1 saturated heterocycles. The quantitative estimate of drug-likeness (QED) is 0.614. The molecule has 7 nitrogen and oxygen atoms in total. The van der Waals surface area contributed by atoms with E-state index in [-0.39, 0.29) is 5.91 Å². The van der Waals surface area contributed by atoms with Gasteiger partial charge in [0.25, 0.3) is 5.91 Å². The summed E-state index contributed by atoms with van der Waals surface area (Å²) in [7, 11) is 0. The topological polar surface area (TPSA) is 81.0 Å². The molecular weight excluding hydrogens is 393 g/mol. The van der Waals surface area contributed by atoms with Gasteiger partial charge in [0.1, 0.15) is 5.82 Å². The highest BCUT2D eigenvalue weighted by Gasteiger charge is 2.33. The van der Waals surface area contributed by atoms with Gasteiger partial charge in [-0.2, -0.15) is 4.68 Å². The Bertz CT molecular complexity index is 1010. The summed E-state index contributed by atoms with van der Waals surface area (Å²) < 4.78 is 14.7. The lowest BCUT2D eigenvalue weighted by Crippen LogP contribution is -2.41. The number of benzene rings is 2. The monoisotopic (exact) mass is 411 g/mol. The number of hydrogen-bond acceptors (Lipinski definition) is 6. The smallest absolute Gasteiger partial charge is 0.260 e. The fourth-order valence-corrected chi connectivity index (χ4v) is 4.27. The molecule has 9 heteroatoms. The van der Waals surface area contributed by atoms with Gasteiger partial charge in [0.15, 0.2) is 0 Å². The normalized spacial score (nSPS) is 17.2. The summed E-state index contributed by atoms with van der Waals surface area (Å²) in [6.07, 6.45) is 2.15. The number of thioether (sulfide) groups is 1. The van der Waals surface area contributed by atoms with Crippen molar-refractivity contribution in [3.63, 3.8) is 0 Å². The lowest BCUT2D eigenvalue weighted by Gasteiger charge is -2.22. The summed E-state index contributed by atoms with van der Waals surface area (Å²) >= 11 is 1.26. The molecule has 0 saturated carbocycles. The van der Waals surface area contributed by atoms with Gasteiger partial charge in [-0.1, -0.05) is 36.4 Å². The first-order valence-electron chi connectivity index (χ1n) is 9.25. The van der Waals surface area contributed by atoms with Gasteiger partial charge in [-0.25, -0.2) is 4.39 Å². The number of para-hydroxylation sites is 1. The number of aromatic nitrogens is 4. The molecule has 1 aliphatic rings. The van der Waals surface area contributed by atoms with Crippen LogP contribution in [0.5, 0.6) is 0 Å². The van der Waals surface area contributed by atoms with Crippen LogP contribution < -0.4 is 0 Å². The maximum Gasteiger partial charge on any atom is 0.260 e. The molecule has 1 atom stereocenters. The van der Waals surface area contributed by atoms with Gasteiger partial charge in [-0.15, -0.1) is 5.10 Å². The third-order valence-electron chi connectivity index (χ3n) is 4.67. The molecule has 4 rings (SSSR count). The lowest BCUT2D eigenvalue weighted by molar-refractivity contribution is -0.127. The molecule has 0 spiro atoms. The molecular formula is C20H18FN5O2S. The van der Waals surface area contributed by atoms with E-state index in [1.807, 2.05) is 30.3 Å². The number of nitrogens with zero attached hydrogens (tertiary/aromatic N) is 5. The summed E-state index contributed by atoms with van der Waals surface area (Å²) in [5, 5.41) is 11.8. The van der Waals surface area contributed by atoms with E-state index < -0.39 is 17.0 Å². The molecule has 3 aromatic rings. The van der Waals surface area contributed by atoms with Crippen molar-refractivity contribution in [1.29, 1.82) is 0 Å². The first-order chi connectivity index (χ1) is 14.1. The molecule has 1 aliphatic heterocycles. The summed E-state index contributed by atoms with van der Waals surface area (Å²) in [6.45, 7) is 0.343. The third kappa shape index (κ3) is 4.19. The van der Waals surface area contributed by atoms with Crippen LogP contribution in [-0.2, 0) is 4.79 Å². The van der Waals surface area contributed by atoms with Crippen molar-refractivity contribution in [2.45, 2.75) is 29.7 Å². The van der Waals surface area contributed by atoms with E-state index in [0.717, 1.165) is 18.5 Å². The second-order valence-electron chi connectivity index (χ2n) is 6.61. The molecule has 0 N–H and O–H groups in total. The number of carbonyl (C=O) groups excluding carboxylic acids is 2. The van der Waals surface area contributed by atoms with E-state index in [4.69, 9.17) is 0 Å². The summed E-state index contributed by atoms with van der Waals surface area (Å²) in [5.41, 5.74) is 1.08. The second kappa shape index (κ2) is 8.52. The van der Waals surface area contributed by atoms with Crippen LogP contribution in [0, 0.1) is 5.82 Å². The summed E-state index contributed by atoms with van der Waals surface area (Å²) in [4.78, 5) is 27.2. The van der Waals surface area contributed by atoms with Crippen molar-refractivity contribution in [2.24, 2.45) is 0 Å². The Balaban J connectivity index is 1.56. The van der Waals surface area contributed by atoms with E-state index in [9.17, 15) is 14.0 Å². The van der Waals surface area contributed by atoms with Gasteiger partial charge in [0.2, 0.25) is 11.1 Å². The van der Waals surface area contributed by atoms with Crippen LogP contribution in [-0.4, -0.2) is 48.7 Å². The largest absolute Gasteiger partial charge is 0.278 e. The Labute approximate surface area is 170 Å². The number of halogens is 1. The van der Waals surface area contributed by atoms with E-state index in [1.54, 1.807) is 4.68 Å². The van der Waals surface area contributed by atoms with Crippen LogP contribution in [0.1, 0.15) is 29.6 Å². The molecule has 0 bridgehead atoms. The number of carbonyl (C=O) groups is 2. The van der Waals surface area contributed by atoms with E-state index in [1.165, 1.54) is 40.9 Å². The first-order valence-corrected chi connectivity index (χ1v) is 10.1. The van der Waals surface area contributed by atoms with Crippen LogP contribution in [0.25, 0.3) is 5.69 Å². The van der Waals surface area contributed by atoms with Gasteiger partial charge < -0.3 is 0 Å². The highest BCUT2D eigenvalue weighted by Crippen LogP contribution is 2.30. The Hall–Kier alpha value is -3.07. The van der Waals surface area contributed by atoms with Crippen LogP contribution in [0.4, 0.5) is 4.39 Å². The van der Waals surface area contributed by atoms with Crippen LogP contribution in [0.2, 0.25) is 0 Å². The number of hydrogen-bond donors (Lipinski definition) is 0. The number of likely N-dealkylation sites (tertiary alicyclic amines) is 1. The predicted octanol–water partition coefficient (Wildman–Crippen LogP) is 3.12. The first kappa shape index (κ1) is 19.3. The van der Waals surface area contributed by atoms with Crippen molar-refractivity contribution in [2.75, 3.05) is 6.54 Å². The van der Waals surface area contributed by atoms with Gasteiger partial charge in [0.05, 0.1) is 10.9 Å². The molecule has 0 radical (unpaired) electrons. The average Bonchev–Trinajstić information content (AvgIpc) is 3.13. The maximum atomic E-state index is 13.2. The minimum Gasteiger partial charge on any atom is -0.278 e. The third-order valence-corrected chi connectivity index (χ3v) is 5.85. The Morgan fingerprint density at radius 3 is 2.59 bits per heavy atom. The molecule has 0 aliphatic carbocycles. The minimum atomic E-state index is -0.477. The number of tetrazole rings is 1. The van der Waals surface area contributed by atoms with Crippen LogP contribution >= 0.6 is 11.8 Å². The zero-order chi connectivity index (χ0) is 20.2. The van der Waals surface area contributed by atoms with Crippen molar-refractivity contribution in [3.05, 3.63) is 66.0 Å². The van der Waals surface area contributed by atoms with E-state index >= 15 is 0 Å². The van der Waals surface area contributed by atoms with Gasteiger partial charge in [0, 0.05) is 12.1 Å². The number of rotatable bonds is 4. The van der Waals surface area contributed by atoms with Crippen molar-refractivity contribution >= 4 is 23.6 Å². The predicted molar refractivity (Wildman–Crippen MR) is 105 cm³/mol. The molecule has 2 amide bonds. The molecule has 0 unspecified atom stereocenters. The fourth-order valence-electron chi connectivity index (χ4n) is 3.18. The fraction of sp³-hybridized carbons (Fsp3) is 0.250. The zero-order valence-electron chi connectivity index (χ0n) is 15.4. The van der Waals surface area contributed by atoms with E-state index in [2.05, 4.69) is 15.5 Å². The maximum absolute atomic E-state index is 13.2. The Kier molecular flexibility index (Phi) is 5.66. The van der Waals surface area contributed by atoms with Crippen LogP contribution in [0.3, 0.4) is 0 Å². The van der Waals surface area contributed by atoms with E-state index in [0.29, 0.717) is 23.7 Å². The summed E-state index contributed by atoms with van der Waals surface area (Å²) in [6, 6.07) is 14.6. The van der Waals surface area contributed by atoms with Crippen molar-refractivity contribution < 1.29 is 14.0 Å². The molecule has 1 fully saturated rings. The van der Waals surface area contributed by atoms with Crippen molar-refractivity contribution in [1.82, 2.24) is 25.1 Å². The standard InChI is InChI=1S/C20H18FN5O2S/c21-15-11-9-14(10-12-15)18(27)25-13-5-4-8-17(19(25)28)29-20-22-23-24-26(20)16-6-2-1-3-7-16/h1-3,6-7,9-12,17H,4-5,8,13H2/t17-/m0/s1. The lowest BCUT2D eigenvalue weighted by atomic mass is 10.2. The molecule has 29 heavy (non-hydrogen) atoms. The zero-order valence-corrected chi connectivity index (χ0v) is 16.3. The average molecular weight is 411 g/mol. The number of amides is 2. The van der Waals surface area contributed by atoms with Crippen LogP contribution in [0.15, 0.2) is 59.8 Å². The number of imide groups is 1. The minimum absolute atomic E-state index is 0.274. The molecule has 2 aromatic carbocycles. The summed E-state index contributed by atoms with van der Waals surface area (Å²) in [5.74, 6) is -1.11. The SMILES string of the molecule is O=C(c1ccc(F)cc1)N1CCCC[C@H](Sc2nnnn2-c2ccccc2)C1=O. The van der Waals surface area contributed by atoms with Gasteiger partial charge in [-0.05, 0) is 59.7 Å².